The standard InChI is InChI=1S/C13H20NO5/c1-4-5-14(2,3)6-11(16)19-10-8-18-12-9(15)7-17-13(10)12/h1,9-10,12-13,15H,5-8H2,2-3H3/q+1/t9-,10+,12-,13-/m1/s1. The highest BCUT2D eigenvalue weighted by Gasteiger charge is 2.49. The monoisotopic (exact) mass is 270 g/mol. The number of fused-ring (bicyclic) bond motifs is 1. The average molecular weight is 270 g/mol. The van der Waals surface area contributed by atoms with E-state index in [-0.39, 0.29) is 37.9 Å². The van der Waals surface area contributed by atoms with Crippen LogP contribution in [0.15, 0.2) is 0 Å². The largest absolute Gasteiger partial charge is 0.453 e. The van der Waals surface area contributed by atoms with Gasteiger partial charge in [0.05, 0.1) is 27.3 Å². The summed E-state index contributed by atoms with van der Waals surface area (Å²) in [6.45, 7) is 1.14. The molecule has 6 nitrogen and oxygen atoms in total. The van der Waals surface area contributed by atoms with Crippen molar-refractivity contribution < 1.29 is 28.6 Å². The van der Waals surface area contributed by atoms with Crippen molar-refractivity contribution in [2.75, 3.05) is 40.4 Å². The fraction of sp³-hybridized carbons (Fsp3) is 0.769. The van der Waals surface area contributed by atoms with Gasteiger partial charge in [-0.3, -0.25) is 0 Å². The highest BCUT2D eigenvalue weighted by Crippen LogP contribution is 2.28. The van der Waals surface area contributed by atoms with Crippen LogP contribution in [-0.4, -0.2) is 80.4 Å². The Morgan fingerprint density at radius 2 is 2.11 bits per heavy atom. The van der Waals surface area contributed by atoms with E-state index in [2.05, 4.69) is 5.92 Å². The minimum absolute atomic E-state index is 0.195. The molecule has 0 radical (unpaired) electrons. The molecule has 2 rings (SSSR count). The van der Waals surface area contributed by atoms with Crippen LogP contribution in [0.5, 0.6) is 0 Å². The Bertz CT molecular complexity index is 389. The molecule has 0 aromatic rings. The van der Waals surface area contributed by atoms with Crippen molar-refractivity contribution in [2.24, 2.45) is 0 Å². The van der Waals surface area contributed by atoms with Crippen molar-refractivity contribution in [3.8, 4) is 12.3 Å². The number of rotatable bonds is 4. The molecule has 0 saturated carbocycles. The van der Waals surface area contributed by atoms with E-state index in [1.165, 1.54) is 0 Å². The molecule has 0 amide bonds. The van der Waals surface area contributed by atoms with Gasteiger partial charge in [0.2, 0.25) is 0 Å². The van der Waals surface area contributed by atoms with Crippen molar-refractivity contribution in [2.45, 2.75) is 24.4 Å². The molecular formula is C13H20NO5+. The summed E-state index contributed by atoms with van der Waals surface area (Å²) in [6.07, 6.45) is 3.43. The Morgan fingerprint density at radius 3 is 2.79 bits per heavy atom. The third-order valence-corrected chi connectivity index (χ3v) is 3.34. The maximum absolute atomic E-state index is 11.9. The van der Waals surface area contributed by atoms with Gasteiger partial charge in [0, 0.05) is 0 Å². The van der Waals surface area contributed by atoms with Crippen LogP contribution in [0.1, 0.15) is 0 Å². The van der Waals surface area contributed by atoms with Crippen molar-refractivity contribution in [1.29, 1.82) is 0 Å². The molecule has 19 heavy (non-hydrogen) atoms. The van der Waals surface area contributed by atoms with E-state index in [4.69, 9.17) is 20.6 Å². The van der Waals surface area contributed by atoms with Crippen molar-refractivity contribution >= 4 is 5.97 Å². The first-order valence-corrected chi connectivity index (χ1v) is 6.29. The van der Waals surface area contributed by atoms with Gasteiger partial charge in [-0.05, 0) is 5.92 Å². The number of nitrogens with zero attached hydrogens (tertiary/aromatic N) is 1. The summed E-state index contributed by atoms with van der Waals surface area (Å²) in [4.78, 5) is 11.9. The first-order valence-electron chi connectivity index (χ1n) is 6.29. The molecule has 0 bridgehead atoms. The summed E-state index contributed by atoms with van der Waals surface area (Å²) in [6, 6.07) is 0. The number of carbonyl (C=O) groups excluding carboxylic acids is 1. The maximum atomic E-state index is 11.9. The first kappa shape index (κ1) is 14.3. The molecule has 2 heterocycles. The van der Waals surface area contributed by atoms with Gasteiger partial charge in [-0.15, -0.1) is 6.42 Å². The van der Waals surface area contributed by atoms with Crippen molar-refractivity contribution in [3.63, 3.8) is 0 Å². The van der Waals surface area contributed by atoms with Gasteiger partial charge in [-0.2, -0.15) is 0 Å². The fourth-order valence-electron chi connectivity index (χ4n) is 2.40. The number of terminal acetylenes is 1. The predicted octanol–water partition coefficient (Wildman–Crippen LogP) is -1.23. The predicted molar refractivity (Wildman–Crippen MR) is 66.0 cm³/mol. The highest BCUT2D eigenvalue weighted by molar-refractivity contribution is 5.71. The summed E-state index contributed by atoms with van der Waals surface area (Å²) >= 11 is 0. The zero-order valence-corrected chi connectivity index (χ0v) is 11.2. The average Bonchev–Trinajstić information content (AvgIpc) is 2.83. The van der Waals surface area contributed by atoms with Gasteiger partial charge in [0.1, 0.15) is 24.9 Å². The Balaban J connectivity index is 1.85. The van der Waals surface area contributed by atoms with E-state index in [0.717, 1.165) is 0 Å². The number of aliphatic hydroxyl groups is 1. The molecular weight excluding hydrogens is 250 g/mol. The van der Waals surface area contributed by atoms with Gasteiger partial charge in [0.25, 0.3) is 0 Å². The zero-order chi connectivity index (χ0) is 14.0. The number of ether oxygens (including phenoxy) is 3. The van der Waals surface area contributed by atoms with Gasteiger partial charge in [-0.25, -0.2) is 4.79 Å². The number of likely N-dealkylation sites (N-methyl/N-ethyl adjacent to an activating group) is 1. The first-order chi connectivity index (χ1) is 8.93. The lowest BCUT2D eigenvalue weighted by Gasteiger charge is -2.27. The maximum Gasteiger partial charge on any atom is 0.362 e. The minimum Gasteiger partial charge on any atom is -0.453 e. The second-order valence-electron chi connectivity index (χ2n) is 5.65. The summed E-state index contributed by atoms with van der Waals surface area (Å²) < 4.78 is 16.5. The molecule has 0 unspecified atom stereocenters. The molecule has 106 valence electrons. The third-order valence-electron chi connectivity index (χ3n) is 3.34. The van der Waals surface area contributed by atoms with Crippen LogP contribution >= 0.6 is 0 Å². The number of esters is 1. The Morgan fingerprint density at radius 1 is 1.42 bits per heavy atom. The SMILES string of the molecule is C#CC[N+](C)(C)CC(=O)O[C@H]1CO[C@H]2[C@@H]1OC[C@H]2O. The van der Waals surface area contributed by atoms with Crippen LogP contribution in [0.2, 0.25) is 0 Å². The van der Waals surface area contributed by atoms with E-state index in [0.29, 0.717) is 11.0 Å². The molecule has 6 heteroatoms. The van der Waals surface area contributed by atoms with E-state index < -0.39 is 12.2 Å². The fourth-order valence-corrected chi connectivity index (χ4v) is 2.40. The number of hydrogen-bond donors (Lipinski definition) is 1. The number of quaternary nitrogens is 1. The Hall–Kier alpha value is -1.13. The molecule has 0 aromatic carbocycles. The van der Waals surface area contributed by atoms with Crippen LogP contribution in [-0.2, 0) is 19.0 Å². The topological polar surface area (TPSA) is 65.0 Å². The van der Waals surface area contributed by atoms with Crippen LogP contribution in [0.25, 0.3) is 0 Å². The van der Waals surface area contributed by atoms with Gasteiger partial charge < -0.3 is 23.8 Å². The van der Waals surface area contributed by atoms with Crippen LogP contribution in [0, 0.1) is 12.3 Å². The molecule has 2 aliphatic rings. The quantitative estimate of drug-likeness (QED) is 0.393. The van der Waals surface area contributed by atoms with Crippen LogP contribution in [0.3, 0.4) is 0 Å². The summed E-state index contributed by atoms with van der Waals surface area (Å²) in [5.74, 6) is 2.20. The zero-order valence-electron chi connectivity index (χ0n) is 11.2. The summed E-state index contributed by atoms with van der Waals surface area (Å²) in [5.41, 5.74) is 0. The lowest BCUT2D eigenvalue weighted by Crippen LogP contribution is -2.46. The van der Waals surface area contributed by atoms with Gasteiger partial charge >= 0.3 is 5.97 Å². The smallest absolute Gasteiger partial charge is 0.362 e. The van der Waals surface area contributed by atoms with E-state index >= 15 is 0 Å². The molecule has 1 N–H and O–H groups in total. The molecule has 0 spiro atoms. The molecule has 2 fully saturated rings. The second kappa shape index (κ2) is 5.47. The molecule has 2 aliphatic heterocycles. The Kier molecular flexibility index (Phi) is 4.11. The van der Waals surface area contributed by atoms with Gasteiger partial charge in [0.15, 0.2) is 12.6 Å². The highest BCUT2D eigenvalue weighted by atomic mass is 16.6. The number of hydrogen-bond acceptors (Lipinski definition) is 5. The Labute approximate surface area is 112 Å². The summed E-state index contributed by atoms with van der Waals surface area (Å²) in [5, 5.41) is 9.59. The molecule has 4 atom stereocenters. The lowest BCUT2D eigenvalue weighted by atomic mass is 10.1. The molecule has 2 saturated heterocycles. The van der Waals surface area contributed by atoms with E-state index in [9.17, 15) is 9.90 Å². The normalized spacial score (nSPS) is 33.8. The van der Waals surface area contributed by atoms with E-state index in [1.54, 1.807) is 0 Å². The molecule has 0 aromatic heterocycles. The molecule has 0 aliphatic carbocycles. The van der Waals surface area contributed by atoms with Crippen LogP contribution in [0.4, 0.5) is 0 Å². The van der Waals surface area contributed by atoms with Gasteiger partial charge in [-0.1, -0.05) is 0 Å². The second-order valence-corrected chi connectivity index (χ2v) is 5.65. The van der Waals surface area contributed by atoms with Crippen molar-refractivity contribution in [3.05, 3.63) is 0 Å². The minimum atomic E-state index is -0.637. The van der Waals surface area contributed by atoms with Crippen molar-refractivity contribution in [1.82, 2.24) is 0 Å². The van der Waals surface area contributed by atoms with Crippen LogP contribution < -0.4 is 0 Å². The number of aliphatic hydroxyl groups excluding tert-OH is 1. The summed E-state index contributed by atoms with van der Waals surface area (Å²) in [7, 11) is 3.73. The number of carbonyl (C=O) groups is 1. The third kappa shape index (κ3) is 3.25. The lowest BCUT2D eigenvalue weighted by molar-refractivity contribution is -0.875. The van der Waals surface area contributed by atoms with E-state index in [1.807, 2.05) is 14.1 Å².